The Kier molecular flexibility index (Phi) is 6.46. The summed E-state index contributed by atoms with van der Waals surface area (Å²) in [7, 11) is 3.10. The molecule has 0 bridgehead atoms. The van der Waals surface area contributed by atoms with Crippen LogP contribution in [0.1, 0.15) is 29.2 Å². The summed E-state index contributed by atoms with van der Waals surface area (Å²) in [6, 6.07) is 10.7. The molecule has 2 aromatic carbocycles. The molecule has 0 aliphatic carbocycles. The van der Waals surface area contributed by atoms with Gasteiger partial charge in [0.25, 0.3) is 0 Å². The van der Waals surface area contributed by atoms with Crippen molar-refractivity contribution < 1.29 is 22.6 Å². The molecule has 4 nitrogen and oxygen atoms in total. The van der Waals surface area contributed by atoms with Crippen LogP contribution in [0.3, 0.4) is 0 Å². The first-order valence-corrected chi connectivity index (χ1v) is 9.28. The van der Waals surface area contributed by atoms with Crippen molar-refractivity contribution >= 4 is 0 Å². The van der Waals surface area contributed by atoms with Crippen LogP contribution in [0.2, 0.25) is 0 Å². The van der Waals surface area contributed by atoms with Crippen LogP contribution in [0.25, 0.3) is 0 Å². The number of benzene rings is 2. The lowest BCUT2D eigenvalue weighted by Crippen LogP contribution is -2.33. The van der Waals surface area contributed by atoms with E-state index in [9.17, 15) is 13.2 Å². The van der Waals surface area contributed by atoms with E-state index < -0.39 is 11.7 Å². The van der Waals surface area contributed by atoms with Gasteiger partial charge in [0.2, 0.25) is 0 Å². The number of para-hydroxylation sites is 1. The number of nitrogens with one attached hydrogen (secondary N) is 1. The van der Waals surface area contributed by atoms with Gasteiger partial charge in [-0.1, -0.05) is 24.3 Å². The fourth-order valence-corrected chi connectivity index (χ4v) is 3.72. The Labute approximate surface area is 163 Å². The lowest BCUT2D eigenvalue weighted by Gasteiger charge is -2.33. The number of halogens is 3. The molecule has 1 aliphatic rings. The standard InChI is InChI=1S/C21H25F3N2O2/c1-27-18-9-4-8-17(20(18)28-2)19(26-12-5-10-25-11-13-26)15-6-3-7-16(14-15)21(22,23)24/h3-4,6-9,14,19,25H,5,10-13H2,1-2H3. The van der Waals surface area contributed by atoms with Crippen LogP contribution in [0.5, 0.6) is 11.5 Å². The second kappa shape index (κ2) is 8.84. The zero-order valence-corrected chi connectivity index (χ0v) is 16.1. The van der Waals surface area contributed by atoms with Crippen molar-refractivity contribution in [2.75, 3.05) is 40.4 Å². The maximum absolute atomic E-state index is 13.3. The first kappa shape index (κ1) is 20.5. The summed E-state index contributed by atoms with van der Waals surface area (Å²) >= 11 is 0. The van der Waals surface area contributed by atoms with Gasteiger partial charge in [-0.2, -0.15) is 13.2 Å². The largest absolute Gasteiger partial charge is 0.493 e. The summed E-state index contributed by atoms with van der Waals surface area (Å²) in [5.41, 5.74) is 0.733. The highest BCUT2D eigenvalue weighted by molar-refractivity contribution is 5.51. The molecule has 0 aromatic heterocycles. The Morgan fingerprint density at radius 3 is 2.50 bits per heavy atom. The van der Waals surface area contributed by atoms with Crippen LogP contribution < -0.4 is 14.8 Å². The summed E-state index contributed by atoms with van der Waals surface area (Å²) in [4.78, 5) is 2.20. The summed E-state index contributed by atoms with van der Waals surface area (Å²) in [6.07, 6.45) is -3.47. The third kappa shape index (κ3) is 4.42. The molecule has 1 saturated heterocycles. The summed E-state index contributed by atoms with van der Waals surface area (Å²) in [6.45, 7) is 3.17. The van der Waals surface area contributed by atoms with Gasteiger partial charge in [0.05, 0.1) is 25.8 Å². The Balaban J connectivity index is 2.14. The molecule has 0 radical (unpaired) electrons. The topological polar surface area (TPSA) is 33.7 Å². The van der Waals surface area contributed by atoms with Crippen molar-refractivity contribution in [3.05, 3.63) is 59.2 Å². The van der Waals surface area contributed by atoms with Crippen LogP contribution in [-0.4, -0.2) is 45.3 Å². The van der Waals surface area contributed by atoms with E-state index in [0.717, 1.165) is 44.2 Å². The monoisotopic (exact) mass is 394 g/mol. The highest BCUT2D eigenvalue weighted by Crippen LogP contribution is 2.41. The third-order valence-corrected chi connectivity index (χ3v) is 5.00. The lowest BCUT2D eigenvalue weighted by molar-refractivity contribution is -0.137. The van der Waals surface area contributed by atoms with Gasteiger partial charge in [0.15, 0.2) is 11.5 Å². The number of nitrogens with zero attached hydrogens (tertiary/aromatic N) is 1. The number of hydrogen-bond acceptors (Lipinski definition) is 4. The molecule has 0 amide bonds. The van der Waals surface area contributed by atoms with E-state index in [-0.39, 0.29) is 6.04 Å². The minimum atomic E-state index is -4.39. The second-order valence-corrected chi connectivity index (χ2v) is 6.75. The smallest absolute Gasteiger partial charge is 0.416 e. The minimum Gasteiger partial charge on any atom is -0.493 e. The number of alkyl halides is 3. The van der Waals surface area contributed by atoms with Gasteiger partial charge < -0.3 is 14.8 Å². The Hall–Kier alpha value is -2.25. The van der Waals surface area contributed by atoms with E-state index in [2.05, 4.69) is 10.2 Å². The number of rotatable bonds is 5. The maximum Gasteiger partial charge on any atom is 0.416 e. The van der Waals surface area contributed by atoms with Gasteiger partial charge in [0, 0.05) is 25.2 Å². The number of ether oxygens (including phenoxy) is 2. The van der Waals surface area contributed by atoms with Crippen molar-refractivity contribution in [2.45, 2.75) is 18.6 Å². The van der Waals surface area contributed by atoms with Crippen molar-refractivity contribution in [3.63, 3.8) is 0 Å². The minimum absolute atomic E-state index is 0.368. The fraction of sp³-hybridized carbons (Fsp3) is 0.429. The van der Waals surface area contributed by atoms with Gasteiger partial charge in [-0.05, 0) is 36.7 Å². The number of methoxy groups -OCH3 is 2. The molecule has 2 aromatic rings. The summed E-state index contributed by atoms with van der Waals surface area (Å²) in [5.74, 6) is 1.11. The third-order valence-electron chi connectivity index (χ3n) is 5.00. The molecule has 3 rings (SSSR count). The molecule has 1 unspecified atom stereocenters. The highest BCUT2D eigenvalue weighted by atomic mass is 19.4. The van der Waals surface area contributed by atoms with Crippen LogP contribution in [0.4, 0.5) is 13.2 Å². The van der Waals surface area contributed by atoms with E-state index >= 15 is 0 Å². The Bertz CT molecular complexity index is 787. The first-order valence-electron chi connectivity index (χ1n) is 9.28. The first-order chi connectivity index (χ1) is 13.5. The molecule has 0 spiro atoms. The van der Waals surface area contributed by atoms with Crippen molar-refractivity contribution in [2.24, 2.45) is 0 Å². The van der Waals surface area contributed by atoms with Crippen LogP contribution in [-0.2, 0) is 6.18 Å². The molecule has 1 atom stereocenters. The SMILES string of the molecule is COc1cccc(C(c2cccc(C(F)(F)F)c2)N2CCCNCC2)c1OC. The van der Waals surface area contributed by atoms with E-state index in [1.54, 1.807) is 26.4 Å². The summed E-state index contributed by atoms with van der Waals surface area (Å²) in [5, 5.41) is 3.34. The maximum atomic E-state index is 13.3. The van der Waals surface area contributed by atoms with Crippen LogP contribution in [0.15, 0.2) is 42.5 Å². The van der Waals surface area contributed by atoms with Gasteiger partial charge in [-0.15, -0.1) is 0 Å². The molecule has 0 saturated carbocycles. The molecular formula is C21H25F3N2O2. The highest BCUT2D eigenvalue weighted by Gasteiger charge is 2.33. The van der Waals surface area contributed by atoms with E-state index in [0.29, 0.717) is 17.1 Å². The van der Waals surface area contributed by atoms with E-state index in [1.165, 1.54) is 12.1 Å². The average Bonchev–Trinajstić information content (AvgIpc) is 2.97. The molecule has 28 heavy (non-hydrogen) atoms. The van der Waals surface area contributed by atoms with Crippen molar-refractivity contribution in [1.82, 2.24) is 10.2 Å². The Morgan fingerprint density at radius 2 is 1.79 bits per heavy atom. The van der Waals surface area contributed by atoms with Crippen LogP contribution >= 0.6 is 0 Å². The van der Waals surface area contributed by atoms with Crippen LogP contribution in [0, 0.1) is 0 Å². The molecule has 1 aliphatic heterocycles. The quantitative estimate of drug-likeness (QED) is 0.828. The van der Waals surface area contributed by atoms with Gasteiger partial charge in [-0.3, -0.25) is 4.90 Å². The summed E-state index contributed by atoms with van der Waals surface area (Å²) < 4.78 is 51.0. The lowest BCUT2D eigenvalue weighted by atomic mass is 9.94. The molecule has 152 valence electrons. The van der Waals surface area contributed by atoms with E-state index in [1.807, 2.05) is 12.1 Å². The van der Waals surface area contributed by atoms with E-state index in [4.69, 9.17) is 9.47 Å². The van der Waals surface area contributed by atoms with Gasteiger partial charge >= 0.3 is 6.18 Å². The Morgan fingerprint density at radius 1 is 1.00 bits per heavy atom. The van der Waals surface area contributed by atoms with Crippen molar-refractivity contribution in [1.29, 1.82) is 0 Å². The zero-order chi connectivity index (χ0) is 20.1. The molecule has 1 N–H and O–H groups in total. The predicted octanol–water partition coefficient (Wildman–Crippen LogP) is 4.11. The van der Waals surface area contributed by atoms with Gasteiger partial charge in [0.1, 0.15) is 0 Å². The number of hydrogen-bond donors (Lipinski definition) is 1. The fourth-order valence-electron chi connectivity index (χ4n) is 3.72. The second-order valence-electron chi connectivity index (χ2n) is 6.75. The average molecular weight is 394 g/mol. The molecule has 1 fully saturated rings. The predicted molar refractivity (Wildman–Crippen MR) is 102 cm³/mol. The van der Waals surface area contributed by atoms with Crippen molar-refractivity contribution in [3.8, 4) is 11.5 Å². The normalized spacial score (nSPS) is 17.0. The molecular weight excluding hydrogens is 369 g/mol. The zero-order valence-electron chi connectivity index (χ0n) is 16.1. The molecule has 1 heterocycles. The van der Waals surface area contributed by atoms with Gasteiger partial charge in [-0.25, -0.2) is 0 Å². The molecule has 7 heteroatoms.